The average molecular weight is 481 g/mol. The summed E-state index contributed by atoms with van der Waals surface area (Å²) in [6.07, 6.45) is -4.36. The Kier molecular flexibility index (Phi) is 8.49. The fourth-order valence-electron chi connectivity index (χ4n) is 1.89. The SMILES string of the molecule is COc1ccc(NC(N)=NCc2ccc(OCC(F)(F)F)cc2)cc1.I. The first kappa shape index (κ1) is 21.9. The van der Waals surface area contributed by atoms with Crippen molar-refractivity contribution in [3.63, 3.8) is 0 Å². The van der Waals surface area contributed by atoms with Crippen LogP contribution in [0, 0.1) is 0 Å². The maximum atomic E-state index is 12.1. The standard InChI is InChI=1S/C17H18F3N3O2.HI/c1-24-14-8-4-13(5-9-14)23-16(21)22-10-12-2-6-15(7-3-12)25-11-17(18,19)20;/h2-9H,10-11H2,1H3,(H3,21,22,23);1H. The molecule has 3 N–H and O–H groups in total. The van der Waals surface area contributed by atoms with Gasteiger partial charge in [-0.1, -0.05) is 12.1 Å². The Bertz CT molecular complexity index is 705. The molecule has 0 fully saturated rings. The second kappa shape index (κ2) is 10.1. The normalized spacial score (nSPS) is 11.5. The van der Waals surface area contributed by atoms with Crippen molar-refractivity contribution in [1.82, 2.24) is 0 Å². The summed E-state index contributed by atoms with van der Waals surface area (Å²) in [5.41, 5.74) is 7.36. The lowest BCUT2D eigenvalue weighted by Gasteiger charge is -2.09. The number of guanidine groups is 1. The van der Waals surface area contributed by atoms with E-state index in [9.17, 15) is 13.2 Å². The van der Waals surface area contributed by atoms with E-state index in [1.54, 1.807) is 43.5 Å². The van der Waals surface area contributed by atoms with Crippen molar-refractivity contribution in [2.75, 3.05) is 19.0 Å². The fraction of sp³-hybridized carbons (Fsp3) is 0.235. The van der Waals surface area contributed by atoms with Crippen LogP contribution in [0.5, 0.6) is 11.5 Å². The number of ether oxygens (including phenoxy) is 2. The van der Waals surface area contributed by atoms with E-state index in [1.165, 1.54) is 12.1 Å². The molecule has 0 bridgehead atoms. The van der Waals surface area contributed by atoms with Crippen molar-refractivity contribution in [3.8, 4) is 11.5 Å². The second-order valence-corrected chi connectivity index (χ2v) is 5.10. The van der Waals surface area contributed by atoms with Crippen molar-refractivity contribution in [1.29, 1.82) is 0 Å². The number of halogens is 4. The topological polar surface area (TPSA) is 68.9 Å². The van der Waals surface area contributed by atoms with Crippen LogP contribution in [0.4, 0.5) is 18.9 Å². The van der Waals surface area contributed by atoms with E-state index in [1.807, 2.05) is 0 Å². The first-order valence-electron chi connectivity index (χ1n) is 7.35. The minimum Gasteiger partial charge on any atom is -0.497 e. The number of alkyl halides is 3. The number of hydrogen-bond acceptors (Lipinski definition) is 3. The average Bonchev–Trinajstić information content (AvgIpc) is 2.59. The lowest BCUT2D eigenvalue weighted by Crippen LogP contribution is -2.22. The zero-order chi connectivity index (χ0) is 18.3. The van der Waals surface area contributed by atoms with Gasteiger partial charge in [-0.05, 0) is 42.0 Å². The predicted octanol–water partition coefficient (Wildman–Crippen LogP) is 4.18. The molecule has 142 valence electrons. The van der Waals surface area contributed by atoms with E-state index >= 15 is 0 Å². The molecule has 2 rings (SSSR count). The molecule has 0 aliphatic rings. The summed E-state index contributed by atoms with van der Waals surface area (Å²) < 4.78 is 45.9. The smallest absolute Gasteiger partial charge is 0.422 e. The Hall–Kier alpha value is -2.17. The number of benzene rings is 2. The van der Waals surface area contributed by atoms with Gasteiger partial charge >= 0.3 is 6.18 Å². The number of aliphatic imine (C=N–C) groups is 1. The van der Waals surface area contributed by atoms with E-state index in [2.05, 4.69) is 15.0 Å². The van der Waals surface area contributed by atoms with Gasteiger partial charge in [-0.3, -0.25) is 0 Å². The summed E-state index contributed by atoms with van der Waals surface area (Å²) in [5.74, 6) is 1.10. The maximum absolute atomic E-state index is 12.1. The molecular formula is C17H19F3IN3O2. The molecule has 2 aromatic carbocycles. The molecule has 2 aromatic rings. The van der Waals surface area contributed by atoms with Crippen LogP contribution in [0.1, 0.15) is 5.56 Å². The molecule has 0 radical (unpaired) electrons. The highest BCUT2D eigenvalue weighted by Gasteiger charge is 2.28. The Morgan fingerprint density at radius 2 is 1.62 bits per heavy atom. The molecule has 0 aliphatic carbocycles. The number of nitrogens with one attached hydrogen (secondary N) is 1. The fourth-order valence-corrected chi connectivity index (χ4v) is 1.89. The summed E-state index contributed by atoms with van der Waals surface area (Å²) in [4.78, 5) is 4.18. The zero-order valence-electron chi connectivity index (χ0n) is 13.9. The first-order valence-corrected chi connectivity index (χ1v) is 7.35. The Balaban J connectivity index is 0.00000338. The molecule has 0 saturated heterocycles. The lowest BCUT2D eigenvalue weighted by atomic mass is 10.2. The third-order valence-corrected chi connectivity index (χ3v) is 3.12. The van der Waals surface area contributed by atoms with Gasteiger partial charge in [0.25, 0.3) is 0 Å². The predicted molar refractivity (Wildman–Crippen MR) is 105 cm³/mol. The van der Waals surface area contributed by atoms with Crippen LogP contribution in [0.25, 0.3) is 0 Å². The van der Waals surface area contributed by atoms with Crippen molar-refractivity contribution >= 4 is 35.6 Å². The van der Waals surface area contributed by atoms with Gasteiger partial charge in [0.2, 0.25) is 0 Å². The molecule has 5 nitrogen and oxygen atoms in total. The molecule has 9 heteroatoms. The van der Waals surface area contributed by atoms with Gasteiger partial charge in [-0.25, -0.2) is 4.99 Å². The van der Waals surface area contributed by atoms with Crippen LogP contribution in [-0.4, -0.2) is 25.9 Å². The van der Waals surface area contributed by atoms with E-state index in [-0.39, 0.29) is 42.2 Å². The van der Waals surface area contributed by atoms with Gasteiger partial charge in [0.15, 0.2) is 12.6 Å². The third kappa shape index (κ3) is 7.81. The van der Waals surface area contributed by atoms with Gasteiger partial charge in [0.1, 0.15) is 11.5 Å². The first-order chi connectivity index (χ1) is 11.9. The van der Waals surface area contributed by atoms with Gasteiger partial charge in [-0.2, -0.15) is 13.2 Å². The number of nitrogens with zero attached hydrogens (tertiary/aromatic N) is 1. The van der Waals surface area contributed by atoms with Crippen LogP contribution in [-0.2, 0) is 6.54 Å². The monoisotopic (exact) mass is 481 g/mol. The molecule has 0 saturated carbocycles. The summed E-state index contributed by atoms with van der Waals surface area (Å²) in [7, 11) is 1.58. The molecule has 0 aromatic heterocycles. The Labute approximate surface area is 166 Å². The highest BCUT2D eigenvalue weighted by atomic mass is 127. The van der Waals surface area contributed by atoms with E-state index in [0.29, 0.717) is 0 Å². The van der Waals surface area contributed by atoms with Gasteiger partial charge in [-0.15, -0.1) is 24.0 Å². The molecule has 0 unspecified atom stereocenters. The zero-order valence-corrected chi connectivity index (χ0v) is 16.2. The van der Waals surface area contributed by atoms with Crippen molar-refractivity contribution in [2.24, 2.45) is 10.7 Å². The van der Waals surface area contributed by atoms with Gasteiger partial charge in [0.05, 0.1) is 13.7 Å². The molecule has 0 aliphatic heterocycles. The van der Waals surface area contributed by atoms with Gasteiger partial charge in [0, 0.05) is 5.69 Å². The summed E-state index contributed by atoms with van der Waals surface area (Å²) >= 11 is 0. The minimum absolute atomic E-state index is 0. The summed E-state index contributed by atoms with van der Waals surface area (Å²) in [6.45, 7) is -1.03. The van der Waals surface area contributed by atoms with Crippen LogP contribution >= 0.6 is 24.0 Å². The van der Waals surface area contributed by atoms with Crippen LogP contribution < -0.4 is 20.5 Å². The van der Waals surface area contributed by atoms with Crippen molar-refractivity contribution < 1.29 is 22.6 Å². The highest BCUT2D eigenvalue weighted by molar-refractivity contribution is 14.0. The molecular weight excluding hydrogens is 462 g/mol. The lowest BCUT2D eigenvalue weighted by molar-refractivity contribution is -0.153. The van der Waals surface area contributed by atoms with Crippen molar-refractivity contribution in [2.45, 2.75) is 12.7 Å². The van der Waals surface area contributed by atoms with E-state index < -0.39 is 12.8 Å². The number of rotatable bonds is 6. The third-order valence-electron chi connectivity index (χ3n) is 3.12. The summed E-state index contributed by atoms with van der Waals surface area (Å²) in [6, 6.07) is 13.4. The quantitative estimate of drug-likeness (QED) is 0.369. The van der Waals surface area contributed by atoms with Crippen LogP contribution in [0.3, 0.4) is 0 Å². The minimum atomic E-state index is -4.36. The number of hydrogen-bond donors (Lipinski definition) is 2. The van der Waals surface area contributed by atoms with E-state index in [0.717, 1.165) is 17.0 Å². The molecule has 0 atom stereocenters. The number of anilines is 1. The Morgan fingerprint density at radius 3 is 2.15 bits per heavy atom. The van der Waals surface area contributed by atoms with Crippen LogP contribution in [0.2, 0.25) is 0 Å². The number of methoxy groups -OCH3 is 1. The molecule has 26 heavy (non-hydrogen) atoms. The second-order valence-electron chi connectivity index (χ2n) is 5.10. The molecule has 0 heterocycles. The number of nitrogens with two attached hydrogens (primary N) is 1. The van der Waals surface area contributed by atoms with Crippen molar-refractivity contribution in [3.05, 3.63) is 54.1 Å². The molecule has 0 amide bonds. The Morgan fingerprint density at radius 1 is 1.04 bits per heavy atom. The van der Waals surface area contributed by atoms with Crippen LogP contribution in [0.15, 0.2) is 53.5 Å². The van der Waals surface area contributed by atoms with Gasteiger partial charge < -0.3 is 20.5 Å². The summed E-state index contributed by atoms with van der Waals surface area (Å²) in [5, 5.41) is 2.93. The maximum Gasteiger partial charge on any atom is 0.422 e. The van der Waals surface area contributed by atoms with E-state index in [4.69, 9.17) is 10.5 Å². The highest BCUT2D eigenvalue weighted by Crippen LogP contribution is 2.19. The molecule has 0 spiro atoms. The largest absolute Gasteiger partial charge is 0.497 e.